The average Bonchev–Trinajstić information content (AvgIpc) is 1.99. The summed E-state index contributed by atoms with van der Waals surface area (Å²) in [5, 5.41) is 8.31. The van der Waals surface area contributed by atoms with Gasteiger partial charge in [0.15, 0.2) is 9.84 Å². The maximum Gasteiger partial charge on any atom is 0.318 e. The third kappa shape index (κ3) is 4.03. The topological polar surface area (TPSA) is 84.3 Å². The molecule has 0 aliphatic rings. The molecule has 0 saturated carbocycles. The molecule has 1 aromatic rings. The molecular formula is C8H8FNO4S. The molecule has 0 aliphatic carbocycles. The van der Waals surface area contributed by atoms with Crippen LogP contribution in [0.4, 0.5) is 4.39 Å². The van der Waals surface area contributed by atoms with Gasteiger partial charge in [-0.1, -0.05) is 0 Å². The molecule has 1 N–H and O–H groups in total. The maximum atomic E-state index is 12.6. The highest BCUT2D eigenvalue weighted by Gasteiger charge is 2.16. The van der Waals surface area contributed by atoms with E-state index in [0.717, 1.165) is 12.3 Å². The third-order valence-corrected chi connectivity index (χ3v) is 2.95. The van der Waals surface area contributed by atoms with Crippen LogP contribution in [0.2, 0.25) is 0 Å². The quantitative estimate of drug-likeness (QED) is 0.804. The Morgan fingerprint density at radius 1 is 1.47 bits per heavy atom. The number of aromatic nitrogens is 1. The number of sulfone groups is 1. The minimum Gasteiger partial charge on any atom is -0.480 e. The second-order valence-electron chi connectivity index (χ2n) is 2.94. The third-order valence-electron chi connectivity index (χ3n) is 1.49. The van der Waals surface area contributed by atoms with Crippen molar-refractivity contribution in [1.82, 2.24) is 4.98 Å². The van der Waals surface area contributed by atoms with Gasteiger partial charge in [0.05, 0.1) is 11.9 Å². The van der Waals surface area contributed by atoms with E-state index in [0.29, 0.717) is 0 Å². The second-order valence-corrected chi connectivity index (χ2v) is 5.00. The summed E-state index contributed by atoms with van der Waals surface area (Å²) < 4.78 is 35.0. The molecule has 0 amide bonds. The summed E-state index contributed by atoms with van der Waals surface area (Å²) in [6, 6.07) is 1.01. The van der Waals surface area contributed by atoms with E-state index >= 15 is 0 Å². The highest BCUT2D eigenvalue weighted by Crippen LogP contribution is 2.06. The number of rotatable bonds is 4. The fraction of sp³-hybridized carbons (Fsp3) is 0.250. The Morgan fingerprint density at radius 2 is 2.13 bits per heavy atom. The van der Waals surface area contributed by atoms with Crippen LogP contribution in [-0.2, 0) is 20.4 Å². The van der Waals surface area contributed by atoms with Gasteiger partial charge in [-0.15, -0.1) is 0 Å². The van der Waals surface area contributed by atoms with Crippen molar-refractivity contribution in [3.8, 4) is 0 Å². The first kappa shape index (κ1) is 11.6. The first-order valence-electron chi connectivity index (χ1n) is 3.91. The van der Waals surface area contributed by atoms with Crippen LogP contribution in [0.3, 0.4) is 0 Å². The summed E-state index contributed by atoms with van der Waals surface area (Å²) in [6.07, 6.45) is 2.12. The molecule has 1 aromatic heterocycles. The molecule has 0 radical (unpaired) electrons. The second kappa shape index (κ2) is 4.35. The Balaban J connectivity index is 2.82. The lowest BCUT2D eigenvalue weighted by Gasteiger charge is -2.01. The zero-order chi connectivity index (χ0) is 11.5. The number of pyridine rings is 1. The van der Waals surface area contributed by atoms with Gasteiger partial charge in [-0.3, -0.25) is 9.78 Å². The van der Waals surface area contributed by atoms with Gasteiger partial charge in [-0.25, -0.2) is 12.8 Å². The lowest BCUT2D eigenvalue weighted by atomic mass is 10.3. The predicted molar refractivity (Wildman–Crippen MR) is 49.3 cm³/mol. The molecule has 0 fully saturated rings. The Morgan fingerprint density at radius 3 is 2.67 bits per heavy atom. The maximum absolute atomic E-state index is 12.6. The van der Waals surface area contributed by atoms with E-state index in [9.17, 15) is 17.6 Å². The molecule has 7 heteroatoms. The first-order valence-corrected chi connectivity index (χ1v) is 5.73. The minimum absolute atomic E-state index is 0.135. The number of carbonyl (C=O) groups is 1. The standard InChI is InChI=1S/C8H8FNO4S/c9-7-1-6(2-10-3-7)4-15(13,14)5-8(11)12/h1-3H,4-5H2,(H,11,12). The van der Waals surface area contributed by atoms with Crippen molar-refractivity contribution in [2.75, 3.05) is 5.75 Å². The lowest BCUT2D eigenvalue weighted by molar-refractivity contribution is -0.134. The molecule has 0 aliphatic heterocycles. The van der Waals surface area contributed by atoms with Gasteiger partial charge >= 0.3 is 5.97 Å². The summed E-state index contributed by atoms with van der Waals surface area (Å²) >= 11 is 0. The molecule has 0 aromatic carbocycles. The van der Waals surface area contributed by atoms with Crippen molar-refractivity contribution in [3.63, 3.8) is 0 Å². The van der Waals surface area contributed by atoms with Crippen molar-refractivity contribution in [1.29, 1.82) is 0 Å². The fourth-order valence-corrected chi connectivity index (χ4v) is 2.17. The molecule has 0 atom stereocenters. The summed E-state index contributed by atoms with van der Waals surface area (Å²) in [6.45, 7) is 0. The summed E-state index contributed by atoms with van der Waals surface area (Å²) in [4.78, 5) is 13.7. The molecule has 0 bridgehead atoms. The Bertz CT molecular complexity index is 471. The molecule has 0 unspecified atom stereocenters. The summed E-state index contributed by atoms with van der Waals surface area (Å²) in [5.74, 6) is -3.58. The van der Waals surface area contributed by atoms with Gasteiger partial charge in [0.25, 0.3) is 0 Å². The molecule has 1 heterocycles. The SMILES string of the molecule is O=C(O)CS(=O)(=O)Cc1cncc(F)c1. The fourth-order valence-electron chi connectivity index (χ4n) is 1.03. The van der Waals surface area contributed by atoms with Gasteiger partial charge in [-0.05, 0) is 11.6 Å². The van der Waals surface area contributed by atoms with Gasteiger partial charge in [0.1, 0.15) is 11.6 Å². The predicted octanol–water partition coefficient (Wildman–Crippen LogP) is 0.220. The largest absolute Gasteiger partial charge is 0.480 e. The van der Waals surface area contributed by atoms with Gasteiger partial charge in [0, 0.05) is 6.20 Å². The smallest absolute Gasteiger partial charge is 0.318 e. The Hall–Kier alpha value is -1.50. The number of halogens is 1. The molecule has 82 valence electrons. The Labute approximate surface area is 85.5 Å². The number of hydrogen-bond acceptors (Lipinski definition) is 4. The Kier molecular flexibility index (Phi) is 3.35. The minimum atomic E-state index is -3.76. The van der Waals surface area contributed by atoms with Crippen LogP contribution in [0.15, 0.2) is 18.5 Å². The van der Waals surface area contributed by atoms with E-state index in [-0.39, 0.29) is 5.56 Å². The van der Waals surface area contributed by atoms with Crippen LogP contribution in [0, 0.1) is 5.82 Å². The number of carboxylic acids is 1. The van der Waals surface area contributed by atoms with Crippen LogP contribution >= 0.6 is 0 Å². The van der Waals surface area contributed by atoms with Gasteiger partial charge < -0.3 is 5.11 Å². The number of carboxylic acid groups (broad SMARTS) is 1. The monoisotopic (exact) mass is 233 g/mol. The van der Waals surface area contributed by atoms with Crippen molar-refractivity contribution in [2.45, 2.75) is 5.75 Å². The summed E-state index contributed by atoms with van der Waals surface area (Å²) in [5.41, 5.74) is 0.135. The number of nitrogens with zero attached hydrogens (tertiary/aromatic N) is 1. The van der Waals surface area contributed by atoms with Crippen LogP contribution in [-0.4, -0.2) is 30.2 Å². The van der Waals surface area contributed by atoms with E-state index in [1.54, 1.807) is 0 Å². The number of hydrogen-bond donors (Lipinski definition) is 1. The molecule has 0 spiro atoms. The van der Waals surface area contributed by atoms with E-state index in [4.69, 9.17) is 5.11 Å². The van der Waals surface area contributed by atoms with Crippen molar-refractivity contribution in [3.05, 3.63) is 29.8 Å². The average molecular weight is 233 g/mol. The zero-order valence-corrected chi connectivity index (χ0v) is 8.37. The van der Waals surface area contributed by atoms with E-state index in [1.807, 2.05) is 0 Å². The highest BCUT2D eigenvalue weighted by molar-refractivity contribution is 7.91. The molecule has 15 heavy (non-hydrogen) atoms. The van der Waals surface area contributed by atoms with E-state index in [1.165, 1.54) is 6.20 Å². The first-order chi connectivity index (χ1) is 6.89. The van der Waals surface area contributed by atoms with E-state index < -0.39 is 33.1 Å². The molecule has 1 rings (SSSR count). The van der Waals surface area contributed by atoms with Crippen LogP contribution < -0.4 is 0 Å². The normalized spacial score (nSPS) is 11.3. The highest BCUT2D eigenvalue weighted by atomic mass is 32.2. The summed E-state index contributed by atoms with van der Waals surface area (Å²) in [7, 11) is -3.76. The van der Waals surface area contributed by atoms with Crippen molar-refractivity contribution < 1.29 is 22.7 Å². The van der Waals surface area contributed by atoms with Gasteiger partial charge in [-0.2, -0.15) is 0 Å². The van der Waals surface area contributed by atoms with Crippen molar-refractivity contribution >= 4 is 15.8 Å². The van der Waals surface area contributed by atoms with Crippen LogP contribution in [0.25, 0.3) is 0 Å². The van der Waals surface area contributed by atoms with Crippen LogP contribution in [0.5, 0.6) is 0 Å². The molecular weight excluding hydrogens is 225 g/mol. The van der Waals surface area contributed by atoms with Crippen molar-refractivity contribution in [2.24, 2.45) is 0 Å². The van der Waals surface area contributed by atoms with Crippen LogP contribution in [0.1, 0.15) is 5.56 Å². The molecule has 0 saturated heterocycles. The lowest BCUT2D eigenvalue weighted by Crippen LogP contribution is -2.17. The zero-order valence-electron chi connectivity index (χ0n) is 7.55. The molecule has 5 nitrogen and oxygen atoms in total. The van der Waals surface area contributed by atoms with E-state index in [2.05, 4.69) is 4.98 Å². The van der Waals surface area contributed by atoms with Gasteiger partial charge in [0.2, 0.25) is 0 Å². The number of aliphatic carboxylic acids is 1.